The molecule has 2 fully saturated rings. The topological polar surface area (TPSA) is 105 Å². The van der Waals surface area contributed by atoms with Gasteiger partial charge < -0.3 is 10.1 Å². The first-order valence-corrected chi connectivity index (χ1v) is 9.27. The Balaban J connectivity index is 1.49. The van der Waals surface area contributed by atoms with Crippen molar-refractivity contribution in [2.45, 2.75) is 44.6 Å². The molecule has 1 aliphatic carbocycles. The molecule has 4 amide bonds. The van der Waals surface area contributed by atoms with E-state index in [1.54, 1.807) is 6.08 Å². The number of esters is 1. The lowest BCUT2D eigenvalue weighted by Crippen LogP contribution is -2.51. The van der Waals surface area contributed by atoms with Crippen molar-refractivity contribution in [1.29, 1.82) is 0 Å². The summed E-state index contributed by atoms with van der Waals surface area (Å²) < 4.78 is 4.87. The van der Waals surface area contributed by atoms with E-state index in [0.717, 1.165) is 30.4 Å². The Morgan fingerprint density at radius 1 is 1.25 bits per heavy atom. The molecule has 2 N–H and O–H groups in total. The Bertz CT molecular complexity index is 827. The van der Waals surface area contributed by atoms with Crippen molar-refractivity contribution in [3.63, 3.8) is 0 Å². The van der Waals surface area contributed by atoms with Crippen molar-refractivity contribution in [2.75, 3.05) is 6.61 Å². The first kappa shape index (κ1) is 19.6. The van der Waals surface area contributed by atoms with E-state index in [2.05, 4.69) is 10.7 Å². The van der Waals surface area contributed by atoms with Crippen LogP contribution in [0.4, 0.5) is 4.79 Å². The second-order valence-corrected chi connectivity index (χ2v) is 7.10. The maximum Gasteiger partial charge on any atom is 0.344 e. The summed E-state index contributed by atoms with van der Waals surface area (Å²) in [5.74, 6) is -1.91. The number of imide groups is 1. The lowest BCUT2D eigenvalue weighted by Gasteiger charge is -2.30. The number of nitrogens with one attached hydrogen (secondary N) is 2. The zero-order valence-corrected chi connectivity index (χ0v) is 15.7. The number of nitrogens with zero attached hydrogens (tertiary/aromatic N) is 1. The van der Waals surface area contributed by atoms with Gasteiger partial charge in [-0.05, 0) is 31.4 Å². The van der Waals surface area contributed by atoms with E-state index in [1.165, 1.54) is 6.08 Å². The van der Waals surface area contributed by atoms with Crippen LogP contribution in [0.15, 0.2) is 30.3 Å². The standard InChI is InChI=1S/C20H23N3O5/c1-14-6-5-7-15(12-14)8-9-17(25)28-13-16(24)22-23-18(26)20(21-19(23)27)10-3-2-4-11-20/h5-9,12H,2-4,10-11,13H2,1H3,(H,21,27)(H,22,24)/b9-8+. The maximum atomic E-state index is 12.6. The van der Waals surface area contributed by atoms with Gasteiger partial charge in [0, 0.05) is 6.08 Å². The first-order valence-electron chi connectivity index (χ1n) is 9.27. The molecule has 3 rings (SSSR count). The highest BCUT2D eigenvalue weighted by Crippen LogP contribution is 2.32. The lowest BCUT2D eigenvalue weighted by atomic mass is 9.82. The summed E-state index contributed by atoms with van der Waals surface area (Å²) in [6.45, 7) is 1.34. The smallest absolute Gasteiger partial charge is 0.344 e. The number of hydrogen-bond acceptors (Lipinski definition) is 5. The maximum absolute atomic E-state index is 12.6. The van der Waals surface area contributed by atoms with Crippen molar-refractivity contribution >= 4 is 29.9 Å². The summed E-state index contributed by atoms with van der Waals surface area (Å²) in [5, 5.41) is 3.37. The van der Waals surface area contributed by atoms with Gasteiger partial charge in [0.15, 0.2) is 6.61 Å². The lowest BCUT2D eigenvalue weighted by molar-refractivity contribution is -0.147. The number of hydrazine groups is 1. The molecule has 1 heterocycles. The predicted octanol–water partition coefficient (Wildman–Crippen LogP) is 1.84. The fourth-order valence-electron chi connectivity index (χ4n) is 3.50. The molecule has 148 valence electrons. The Kier molecular flexibility index (Phi) is 5.77. The van der Waals surface area contributed by atoms with E-state index in [0.29, 0.717) is 17.9 Å². The van der Waals surface area contributed by atoms with Crippen molar-refractivity contribution < 1.29 is 23.9 Å². The first-order chi connectivity index (χ1) is 13.4. The molecule has 0 radical (unpaired) electrons. The third kappa shape index (κ3) is 4.39. The highest BCUT2D eigenvalue weighted by molar-refractivity contribution is 6.08. The Morgan fingerprint density at radius 3 is 2.71 bits per heavy atom. The molecule has 1 aromatic rings. The van der Waals surface area contributed by atoms with Gasteiger partial charge in [-0.3, -0.25) is 15.0 Å². The largest absolute Gasteiger partial charge is 0.452 e. The SMILES string of the molecule is Cc1cccc(/C=C/C(=O)OCC(=O)NN2C(=O)NC3(CCCCC3)C2=O)c1. The van der Waals surface area contributed by atoms with Gasteiger partial charge in [-0.2, -0.15) is 5.01 Å². The quantitative estimate of drug-likeness (QED) is 0.457. The average molecular weight is 385 g/mol. The average Bonchev–Trinajstić information content (AvgIpc) is 2.89. The van der Waals surface area contributed by atoms with Crippen LogP contribution in [0.5, 0.6) is 0 Å². The van der Waals surface area contributed by atoms with Crippen LogP contribution in [0.3, 0.4) is 0 Å². The molecular formula is C20H23N3O5. The number of carbonyl (C=O) groups excluding carboxylic acids is 4. The normalized spacial score (nSPS) is 18.4. The van der Waals surface area contributed by atoms with Crippen molar-refractivity contribution in [3.05, 3.63) is 41.5 Å². The minimum atomic E-state index is -0.921. The van der Waals surface area contributed by atoms with Crippen LogP contribution in [0, 0.1) is 6.92 Å². The third-order valence-electron chi connectivity index (χ3n) is 4.90. The van der Waals surface area contributed by atoms with Gasteiger partial charge in [-0.25, -0.2) is 9.59 Å². The number of amides is 4. The molecular weight excluding hydrogens is 362 g/mol. The van der Waals surface area contributed by atoms with Gasteiger partial charge >= 0.3 is 12.0 Å². The Labute approximate surface area is 162 Å². The van der Waals surface area contributed by atoms with Gasteiger partial charge in [-0.15, -0.1) is 0 Å². The number of urea groups is 1. The monoisotopic (exact) mass is 385 g/mol. The van der Waals surface area contributed by atoms with E-state index in [9.17, 15) is 19.2 Å². The number of ether oxygens (including phenoxy) is 1. The molecule has 0 unspecified atom stereocenters. The van der Waals surface area contributed by atoms with Gasteiger partial charge in [0.05, 0.1) is 0 Å². The number of rotatable bonds is 5. The summed E-state index contributed by atoms with van der Waals surface area (Å²) in [6, 6.07) is 6.88. The molecule has 0 atom stereocenters. The Hall–Kier alpha value is -3.16. The summed E-state index contributed by atoms with van der Waals surface area (Å²) in [5.41, 5.74) is 3.18. The fraction of sp³-hybridized carbons (Fsp3) is 0.400. The molecule has 1 aromatic carbocycles. The fourth-order valence-corrected chi connectivity index (χ4v) is 3.50. The van der Waals surface area contributed by atoms with Crippen LogP contribution in [0.2, 0.25) is 0 Å². The van der Waals surface area contributed by atoms with E-state index in [-0.39, 0.29) is 0 Å². The number of benzene rings is 1. The van der Waals surface area contributed by atoms with E-state index >= 15 is 0 Å². The van der Waals surface area contributed by atoms with Crippen LogP contribution in [0.25, 0.3) is 6.08 Å². The second-order valence-electron chi connectivity index (χ2n) is 7.10. The molecule has 1 aliphatic heterocycles. The van der Waals surface area contributed by atoms with Crippen molar-refractivity contribution in [3.8, 4) is 0 Å². The van der Waals surface area contributed by atoms with Crippen LogP contribution < -0.4 is 10.7 Å². The molecule has 1 saturated heterocycles. The number of hydrogen-bond donors (Lipinski definition) is 2. The number of carbonyl (C=O) groups is 4. The highest BCUT2D eigenvalue weighted by atomic mass is 16.5. The third-order valence-corrected chi connectivity index (χ3v) is 4.90. The molecule has 8 nitrogen and oxygen atoms in total. The van der Waals surface area contributed by atoms with E-state index < -0.39 is 36.0 Å². The molecule has 1 spiro atoms. The van der Waals surface area contributed by atoms with Gasteiger partial charge in [0.2, 0.25) is 0 Å². The van der Waals surface area contributed by atoms with Gasteiger partial charge in [0.1, 0.15) is 5.54 Å². The summed E-state index contributed by atoms with van der Waals surface area (Å²) in [7, 11) is 0. The highest BCUT2D eigenvalue weighted by Gasteiger charge is 2.52. The van der Waals surface area contributed by atoms with Crippen LogP contribution >= 0.6 is 0 Å². The second kappa shape index (κ2) is 8.24. The van der Waals surface area contributed by atoms with Gasteiger partial charge in [-0.1, -0.05) is 49.1 Å². The minimum absolute atomic E-state index is 0.462. The van der Waals surface area contributed by atoms with E-state index in [1.807, 2.05) is 31.2 Å². The minimum Gasteiger partial charge on any atom is -0.452 e. The van der Waals surface area contributed by atoms with Gasteiger partial charge in [0.25, 0.3) is 11.8 Å². The zero-order chi connectivity index (χ0) is 20.1. The van der Waals surface area contributed by atoms with Crippen molar-refractivity contribution in [2.24, 2.45) is 0 Å². The number of aryl methyl sites for hydroxylation is 1. The molecule has 28 heavy (non-hydrogen) atoms. The summed E-state index contributed by atoms with van der Waals surface area (Å²) in [4.78, 5) is 48.4. The van der Waals surface area contributed by atoms with Crippen LogP contribution in [-0.4, -0.2) is 41.0 Å². The van der Waals surface area contributed by atoms with Crippen molar-refractivity contribution in [1.82, 2.24) is 15.8 Å². The molecule has 8 heteroatoms. The van der Waals surface area contributed by atoms with Crippen LogP contribution in [-0.2, 0) is 19.1 Å². The van der Waals surface area contributed by atoms with E-state index in [4.69, 9.17) is 4.74 Å². The molecule has 2 aliphatic rings. The summed E-state index contributed by atoms with van der Waals surface area (Å²) >= 11 is 0. The van der Waals surface area contributed by atoms with Crippen LogP contribution in [0.1, 0.15) is 43.2 Å². The molecule has 1 saturated carbocycles. The molecule has 0 aromatic heterocycles. The molecule has 0 bridgehead atoms. The summed E-state index contributed by atoms with van der Waals surface area (Å²) in [6.07, 6.45) is 6.62. The Morgan fingerprint density at radius 2 is 2.00 bits per heavy atom. The zero-order valence-electron chi connectivity index (χ0n) is 15.7. The predicted molar refractivity (Wildman–Crippen MR) is 101 cm³/mol.